The Balaban J connectivity index is 1.60. The molecule has 0 spiro atoms. The Bertz CT molecular complexity index is 787. The van der Waals surface area contributed by atoms with E-state index in [2.05, 4.69) is 15.5 Å². The zero-order chi connectivity index (χ0) is 17.8. The Hall–Kier alpha value is -2.24. The minimum Gasteiger partial charge on any atom is -0.372 e. The van der Waals surface area contributed by atoms with Crippen LogP contribution in [-0.2, 0) is 9.59 Å². The van der Waals surface area contributed by atoms with Crippen LogP contribution in [0.3, 0.4) is 0 Å². The van der Waals surface area contributed by atoms with Crippen molar-refractivity contribution in [1.82, 2.24) is 0 Å². The summed E-state index contributed by atoms with van der Waals surface area (Å²) in [5, 5.41) is 5.75. The molecule has 130 valence electrons. The van der Waals surface area contributed by atoms with Crippen LogP contribution >= 0.6 is 23.2 Å². The predicted octanol–water partition coefficient (Wildman–Crippen LogP) is 4.17. The number of amides is 2. The molecule has 2 aromatic rings. The number of nitrogens with one attached hydrogen (secondary N) is 2. The first-order valence-electron chi connectivity index (χ1n) is 7.95. The Morgan fingerprint density at radius 3 is 2.16 bits per heavy atom. The van der Waals surface area contributed by atoms with Gasteiger partial charge in [0.05, 0.1) is 10.7 Å². The molecule has 3 rings (SSSR count). The van der Waals surface area contributed by atoms with Crippen molar-refractivity contribution in [3.05, 3.63) is 52.5 Å². The van der Waals surface area contributed by atoms with Crippen molar-refractivity contribution in [2.45, 2.75) is 12.8 Å². The van der Waals surface area contributed by atoms with Gasteiger partial charge in [0.2, 0.25) is 0 Å². The minimum atomic E-state index is -0.798. The molecule has 0 aromatic heterocycles. The summed E-state index contributed by atoms with van der Waals surface area (Å²) in [6.45, 7) is 2.10. The molecule has 0 aliphatic carbocycles. The highest BCUT2D eigenvalue weighted by Crippen LogP contribution is 2.25. The number of rotatable bonds is 3. The molecule has 25 heavy (non-hydrogen) atoms. The van der Waals surface area contributed by atoms with Crippen LogP contribution in [0.4, 0.5) is 17.1 Å². The van der Waals surface area contributed by atoms with Gasteiger partial charge in [0, 0.05) is 29.5 Å². The third kappa shape index (κ3) is 4.44. The highest BCUT2D eigenvalue weighted by atomic mass is 35.5. The maximum absolute atomic E-state index is 12.0. The molecule has 2 N–H and O–H groups in total. The van der Waals surface area contributed by atoms with Gasteiger partial charge in [-0.2, -0.15) is 0 Å². The summed E-state index contributed by atoms with van der Waals surface area (Å²) < 4.78 is 0. The van der Waals surface area contributed by atoms with E-state index in [1.165, 1.54) is 18.9 Å². The lowest BCUT2D eigenvalue weighted by Crippen LogP contribution is -2.29. The first-order chi connectivity index (χ1) is 12.0. The van der Waals surface area contributed by atoms with Crippen LogP contribution in [-0.4, -0.2) is 24.9 Å². The van der Waals surface area contributed by atoms with Crippen molar-refractivity contribution < 1.29 is 9.59 Å². The number of carbonyl (C=O) groups is 2. The van der Waals surface area contributed by atoms with Crippen LogP contribution in [0, 0.1) is 0 Å². The van der Waals surface area contributed by atoms with E-state index in [0.717, 1.165) is 18.8 Å². The summed E-state index contributed by atoms with van der Waals surface area (Å²) in [6.07, 6.45) is 2.40. The molecule has 1 saturated heterocycles. The summed E-state index contributed by atoms with van der Waals surface area (Å²) in [4.78, 5) is 26.3. The third-order valence-electron chi connectivity index (χ3n) is 3.98. The lowest BCUT2D eigenvalue weighted by Gasteiger charge is -2.17. The SMILES string of the molecule is O=C(Nc1ccc(N2CCCC2)cc1)C(=O)Nc1ccc(Cl)cc1Cl. The van der Waals surface area contributed by atoms with Crippen molar-refractivity contribution in [1.29, 1.82) is 0 Å². The van der Waals surface area contributed by atoms with Gasteiger partial charge in [0.15, 0.2) is 0 Å². The molecule has 1 aliphatic rings. The van der Waals surface area contributed by atoms with Crippen LogP contribution < -0.4 is 15.5 Å². The van der Waals surface area contributed by atoms with Crippen molar-refractivity contribution in [2.75, 3.05) is 28.6 Å². The number of carbonyl (C=O) groups excluding carboxylic acids is 2. The molecule has 5 nitrogen and oxygen atoms in total. The molecule has 0 atom stereocenters. The molecule has 0 unspecified atom stereocenters. The van der Waals surface area contributed by atoms with Crippen molar-refractivity contribution in [3.8, 4) is 0 Å². The fraction of sp³-hybridized carbons (Fsp3) is 0.222. The average molecular weight is 378 g/mol. The first kappa shape index (κ1) is 17.6. The lowest BCUT2D eigenvalue weighted by atomic mass is 10.2. The van der Waals surface area contributed by atoms with Gasteiger partial charge >= 0.3 is 11.8 Å². The van der Waals surface area contributed by atoms with Crippen LogP contribution in [0.1, 0.15) is 12.8 Å². The van der Waals surface area contributed by atoms with Gasteiger partial charge in [-0.3, -0.25) is 9.59 Å². The number of benzene rings is 2. The second kappa shape index (κ2) is 7.76. The minimum absolute atomic E-state index is 0.267. The number of hydrogen-bond donors (Lipinski definition) is 2. The zero-order valence-corrected chi connectivity index (χ0v) is 14.9. The normalized spacial score (nSPS) is 13.6. The smallest absolute Gasteiger partial charge is 0.314 e. The highest BCUT2D eigenvalue weighted by Gasteiger charge is 2.16. The van der Waals surface area contributed by atoms with E-state index in [-0.39, 0.29) is 5.02 Å². The first-order valence-corrected chi connectivity index (χ1v) is 8.71. The van der Waals surface area contributed by atoms with Gasteiger partial charge in [-0.15, -0.1) is 0 Å². The largest absolute Gasteiger partial charge is 0.372 e. The second-order valence-corrected chi connectivity index (χ2v) is 6.62. The van der Waals surface area contributed by atoms with E-state index in [1.807, 2.05) is 12.1 Å². The van der Waals surface area contributed by atoms with Crippen molar-refractivity contribution >= 4 is 52.1 Å². The van der Waals surface area contributed by atoms with Gasteiger partial charge in [0.25, 0.3) is 0 Å². The summed E-state index contributed by atoms with van der Waals surface area (Å²) in [6, 6.07) is 12.1. The number of hydrogen-bond acceptors (Lipinski definition) is 3. The van der Waals surface area contributed by atoms with Crippen molar-refractivity contribution in [3.63, 3.8) is 0 Å². The molecule has 0 radical (unpaired) electrons. The predicted molar refractivity (Wildman–Crippen MR) is 102 cm³/mol. The lowest BCUT2D eigenvalue weighted by molar-refractivity contribution is -0.132. The Labute approximate surface area is 155 Å². The summed E-state index contributed by atoms with van der Waals surface area (Å²) in [7, 11) is 0. The van der Waals surface area contributed by atoms with Crippen molar-refractivity contribution in [2.24, 2.45) is 0 Å². The monoisotopic (exact) mass is 377 g/mol. The molecule has 7 heteroatoms. The number of anilines is 3. The van der Waals surface area contributed by atoms with E-state index in [1.54, 1.807) is 24.3 Å². The standard InChI is InChI=1S/C18H17Cl2N3O2/c19-12-3-8-16(15(20)11-12)22-18(25)17(24)21-13-4-6-14(7-5-13)23-9-1-2-10-23/h3-8,11H,1-2,9-10H2,(H,21,24)(H,22,25). The molecule has 1 heterocycles. The quantitative estimate of drug-likeness (QED) is 0.788. The van der Waals surface area contributed by atoms with E-state index in [4.69, 9.17) is 23.2 Å². The molecule has 0 saturated carbocycles. The fourth-order valence-corrected chi connectivity index (χ4v) is 3.14. The van der Waals surface area contributed by atoms with E-state index < -0.39 is 11.8 Å². The van der Waals surface area contributed by atoms with Gasteiger partial charge in [-0.05, 0) is 55.3 Å². The maximum atomic E-state index is 12.0. The second-order valence-electron chi connectivity index (χ2n) is 5.77. The van der Waals surface area contributed by atoms with Crippen LogP contribution in [0.15, 0.2) is 42.5 Å². The summed E-state index contributed by atoms with van der Waals surface area (Å²) in [5.41, 5.74) is 2.01. The average Bonchev–Trinajstić information content (AvgIpc) is 3.12. The van der Waals surface area contributed by atoms with Gasteiger partial charge < -0.3 is 15.5 Å². The number of nitrogens with zero attached hydrogens (tertiary/aromatic N) is 1. The van der Waals surface area contributed by atoms with E-state index >= 15 is 0 Å². The van der Waals surface area contributed by atoms with Crippen LogP contribution in [0.25, 0.3) is 0 Å². The maximum Gasteiger partial charge on any atom is 0.314 e. The molecule has 0 bridgehead atoms. The van der Waals surface area contributed by atoms with E-state index in [0.29, 0.717) is 16.4 Å². The van der Waals surface area contributed by atoms with E-state index in [9.17, 15) is 9.59 Å². The Morgan fingerprint density at radius 2 is 1.52 bits per heavy atom. The van der Waals surface area contributed by atoms with Crippen LogP contribution in [0.5, 0.6) is 0 Å². The molecular formula is C18H17Cl2N3O2. The topological polar surface area (TPSA) is 61.4 Å². The van der Waals surface area contributed by atoms with Gasteiger partial charge in [-0.25, -0.2) is 0 Å². The molecule has 2 aromatic carbocycles. The van der Waals surface area contributed by atoms with Gasteiger partial charge in [-0.1, -0.05) is 23.2 Å². The zero-order valence-electron chi connectivity index (χ0n) is 13.4. The fourth-order valence-electron chi connectivity index (χ4n) is 2.69. The molecule has 1 aliphatic heterocycles. The van der Waals surface area contributed by atoms with Gasteiger partial charge in [0.1, 0.15) is 0 Å². The summed E-state index contributed by atoms with van der Waals surface area (Å²) >= 11 is 11.8. The Kier molecular flexibility index (Phi) is 5.46. The highest BCUT2D eigenvalue weighted by molar-refractivity contribution is 6.45. The molecule has 1 fully saturated rings. The van der Waals surface area contributed by atoms with Crippen LogP contribution in [0.2, 0.25) is 10.0 Å². The number of halogens is 2. The Morgan fingerprint density at radius 1 is 0.880 bits per heavy atom. The molecular weight excluding hydrogens is 361 g/mol. The summed E-state index contributed by atoms with van der Waals surface area (Å²) in [5.74, 6) is -1.56. The molecule has 2 amide bonds. The third-order valence-corrected chi connectivity index (χ3v) is 4.53.